The first-order chi connectivity index (χ1) is 11.4. The fraction of sp³-hybridized carbons (Fsp3) is 0.750. The first-order valence-corrected chi connectivity index (χ1v) is 8.12. The van der Waals surface area contributed by atoms with Gasteiger partial charge in [0.25, 0.3) is 0 Å². The van der Waals surface area contributed by atoms with Gasteiger partial charge >= 0.3 is 5.97 Å². The molecule has 1 aromatic rings. The number of rotatable bonds is 6. The summed E-state index contributed by atoms with van der Waals surface area (Å²) in [6.45, 7) is 5.79. The van der Waals surface area contributed by atoms with Crippen molar-refractivity contribution in [1.29, 1.82) is 0 Å². The van der Waals surface area contributed by atoms with E-state index in [1.165, 1.54) is 0 Å². The summed E-state index contributed by atoms with van der Waals surface area (Å²) in [5.41, 5.74) is 0. The van der Waals surface area contributed by atoms with Gasteiger partial charge in [-0.3, -0.25) is 4.79 Å². The minimum absolute atomic E-state index is 0.150. The molecule has 0 N–H and O–H groups in total. The molecular formula is C16H24N2O6. The fourth-order valence-electron chi connectivity index (χ4n) is 3.33. The van der Waals surface area contributed by atoms with E-state index < -0.39 is 18.2 Å². The summed E-state index contributed by atoms with van der Waals surface area (Å²) >= 11 is 0. The second-order valence-corrected chi connectivity index (χ2v) is 6.36. The third kappa shape index (κ3) is 3.32. The predicted octanol–water partition coefficient (Wildman–Crippen LogP) is 1.27. The number of ether oxygens (including phenoxy) is 5. The third-order valence-electron chi connectivity index (χ3n) is 4.27. The fourth-order valence-corrected chi connectivity index (χ4v) is 3.33. The van der Waals surface area contributed by atoms with Crippen LogP contribution < -0.4 is 0 Å². The van der Waals surface area contributed by atoms with Gasteiger partial charge in [0, 0.05) is 19.5 Å². The Hall–Kier alpha value is -1.48. The van der Waals surface area contributed by atoms with Crippen molar-refractivity contribution >= 4 is 5.97 Å². The number of carbonyl (C=O) groups excluding carboxylic acids is 1. The van der Waals surface area contributed by atoms with Gasteiger partial charge in [-0.15, -0.1) is 0 Å². The van der Waals surface area contributed by atoms with Crippen LogP contribution in [0.25, 0.3) is 0 Å². The van der Waals surface area contributed by atoms with E-state index in [0.29, 0.717) is 6.61 Å². The van der Waals surface area contributed by atoms with E-state index in [9.17, 15) is 4.79 Å². The van der Waals surface area contributed by atoms with Crippen LogP contribution in [0.2, 0.25) is 0 Å². The lowest BCUT2D eigenvalue weighted by molar-refractivity contribution is -0.222. The normalized spacial score (nSPS) is 32.5. The van der Waals surface area contributed by atoms with Crippen LogP contribution in [0.5, 0.6) is 0 Å². The number of aromatic nitrogens is 2. The van der Waals surface area contributed by atoms with Gasteiger partial charge in [-0.2, -0.15) is 0 Å². The van der Waals surface area contributed by atoms with Crippen LogP contribution in [0, 0.1) is 0 Å². The zero-order chi connectivity index (χ0) is 17.3. The Morgan fingerprint density at radius 3 is 2.83 bits per heavy atom. The Morgan fingerprint density at radius 1 is 1.42 bits per heavy atom. The number of methoxy groups -OCH3 is 1. The van der Waals surface area contributed by atoms with E-state index in [1.807, 2.05) is 18.4 Å². The molecule has 2 aliphatic heterocycles. The molecule has 2 aliphatic rings. The number of fused-ring (bicyclic) bond motifs is 1. The van der Waals surface area contributed by atoms with Crippen molar-refractivity contribution in [3.8, 4) is 0 Å². The Kier molecular flexibility index (Phi) is 4.91. The number of imidazole rings is 1. The molecule has 0 bridgehead atoms. The van der Waals surface area contributed by atoms with Gasteiger partial charge in [-0.05, 0) is 20.8 Å². The highest BCUT2D eigenvalue weighted by Crippen LogP contribution is 2.42. The maximum absolute atomic E-state index is 12.0. The molecular weight excluding hydrogens is 316 g/mol. The molecule has 24 heavy (non-hydrogen) atoms. The molecule has 2 fully saturated rings. The highest BCUT2D eigenvalue weighted by atomic mass is 16.8. The van der Waals surface area contributed by atoms with Crippen LogP contribution in [0.15, 0.2) is 18.7 Å². The zero-order valence-corrected chi connectivity index (χ0v) is 14.4. The molecule has 5 atom stereocenters. The molecule has 0 spiro atoms. The minimum atomic E-state index is -0.720. The second kappa shape index (κ2) is 6.79. The molecule has 0 saturated carbocycles. The third-order valence-corrected chi connectivity index (χ3v) is 4.27. The first-order valence-electron chi connectivity index (χ1n) is 8.12. The molecule has 8 heteroatoms. The topological polar surface area (TPSA) is 81.0 Å². The summed E-state index contributed by atoms with van der Waals surface area (Å²) < 4.78 is 30.3. The van der Waals surface area contributed by atoms with Gasteiger partial charge < -0.3 is 28.3 Å². The van der Waals surface area contributed by atoms with Crippen LogP contribution in [-0.4, -0.2) is 59.6 Å². The molecule has 0 aliphatic carbocycles. The minimum Gasteiger partial charge on any atom is -0.466 e. The molecule has 0 aromatic carbocycles. The quantitative estimate of drug-likeness (QED) is 0.721. The predicted molar refractivity (Wildman–Crippen MR) is 82.0 cm³/mol. The van der Waals surface area contributed by atoms with Gasteiger partial charge in [-0.25, -0.2) is 4.98 Å². The standard InChI is InChI=1S/C16H24N2O6/c1-5-21-11(19)8-10(18-7-6-17-9-18)12-13(20-4)14-15(22-12)24-16(2,3)23-14/h6-7,9-10,12-15H,5,8H2,1-4H3/t10?,12?,13-,14+,15+/m1/s1. The van der Waals surface area contributed by atoms with Gasteiger partial charge in [-0.1, -0.05) is 0 Å². The largest absolute Gasteiger partial charge is 0.466 e. The SMILES string of the molecule is CCOC(=O)CC(C1O[C@H]2OC(C)(C)O[C@H]2[C@@H]1OC)n1ccnc1. The van der Waals surface area contributed by atoms with E-state index >= 15 is 0 Å². The average Bonchev–Trinajstić information content (AvgIpc) is 3.19. The summed E-state index contributed by atoms with van der Waals surface area (Å²) in [5.74, 6) is -1.02. The summed E-state index contributed by atoms with van der Waals surface area (Å²) in [7, 11) is 1.60. The Morgan fingerprint density at radius 2 is 2.21 bits per heavy atom. The van der Waals surface area contributed by atoms with Crippen molar-refractivity contribution in [3.63, 3.8) is 0 Å². The molecule has 3 rings (SSSR count). The molecule has 134 valence electrons. The first kappa shape index (κ1) is 17.3. The van der Waals surface area contributed by atoms with E-state index in [1.54, 1.807) is 32.8 Å². The van der Waals surface area contributed by atoms with Crippen molar-refractivity contribution in [2.24, 2.45) is 0 Å². The van der Waals surface area contributed by atoms with E-state index in [0.717, 1.165) is 0 Å². The highest BCUT2D eigenvalue weighted by molar-refractivity contribution is 5.70. The van der Waals surface area contributed by atoms with Crippen molar-refractivity contribution in [2.45, 2.75) is 63.6 Å². The number of hydrogen-bond acceptors (Lipinski definition) is 7. The van der Waals surface area contributed by atoms with Crippen molar-refractivity contribution in [1.82, 2.24) is 9.55 Å². The molecule has 3 heterocycles. The monoisotopic (exact) mass is 340 g/mol. The van der Waals surface area contributed by atoms with Gasteiger partial charge in [0.1, 0.15) is 18.3 Å². The molecule has 0 radical (unpaired) electrons. The van der Waals surface area contributed by atoms with Gasteiger partial charge in [0.15, 0.2) is 12.1 Å². The molecule has 2 saturated heterocycles. The zero-order valence-electron chi connectivity index (χ0n) is 14.4. The maximum atomic E-state index is 12.0. The Bertz CT molecular complexity index is 561. The van der Waals surface area contributed by atoms with Crippen LogP contribution >= 0.6 is 0 Å². The van der Waals surface area contributed by atoms with Crippen LogP contribution in [0.4, 0.5) is 0 Å². The van der Waals surface area contributed by atoms with E-state index in [2.05, 4.69) is 4.98 Å². The smallest absolute Gasteiger partial charge is 0.307 e. The van der Waals surface area contributed by atoms with Gasteiger partial charge in [0.2, 0.25) is 0 Å². The second-order valence-electron chi connectivity index (χ2n) is 6.36. The van der Waals surface area contributed by atoms with Crippen LogP contribution in [-0.2, 0) is 28.5 Å². The Balaban J connectivity index is 1.81. The maximum Gasteiger partial charge on any atom is 0.307 e. The number of esters is 1. The van der Waals surface area contributed by atoms with Crippen molar-refractivity contribution in [2.75, 3.05) is 13.7 Å². The van der Waals surface area contributed by atoms with Crippen LogP contribution in [0.3, 0.4) is 0 Å². The highest BCUT2D eigenvalue weighted by Gasteiger charge is 2.57. The molecule has 0 amide bonds. The molecule has 2 unspecified atom stereocenters. The summed E-state index contributed by atoms with van der Waals surface area (Å²) in [5, 5.41) is 0. The lowest BCUT2D eigenvalue weighted by Gasteiger charge is -2.30. The van der Waals surface area contributed by atoms with Crippen molar-refractivity contribution < 1.29 is 28.5 Å². The van der Waals surface area contributed by atoms with Crippen LogP contribution in [0.1, 0.15) is 33.2 Å². The lowest BCUT2D eigenvalue weighted by Crippen LogP contribution is -2.41. The van der Waals surface area contributed by atoms with Gasteiger partial charge in [0.05, 0.1) is 25.4 Å². The number of carbonyl (C=O) groups is 1. The molecule has 1 aromatic heterocycles. The summed E-state index contributed by atoms with van der Waals surface area (Å²) in [6.07, 6.45) is 3.60. The number of nitrogens with zero attached hydrogens (tertiary/aromatic N) is 2. The van der Waals surface area contributed by atoms with E-state index in [4.69, 9.17) is 23.7 Å². The average molecular weight is 340 g/mol. The summed E-state index contributed by atoms with van der Waals surface area (Å²) in [4.78, 5) is 16.1. The number of hydrogen-bond donors (Lipinski definition) is 0. The lowest BCUT2D eigenvalue weighted by atomic mass is 10.0. The Labute approximate surface area is 141 Å². The molecule has 8 nitrogen and oxygen atoms in total. The van der Waals surface area contributed by atoms with E-state index in [-0.39, 0.29) is 30.6 Å². The van der Waals surface area contributed by atoms with Crippen molar-refractivity contribution in [3.05, 3.63) is 18.7 Å². The summed E-state index contributed by atoms with van der Waals surface area (Å²) in [6, 6.07) is -0.322.